The predicted octanol–water partition coefficient (Wildman–Crippen LogP) is 3.32. The molecule has 0 fully saturated rings. The number of hydrogen-bond donors (Lipinski definition) is 2. The second kappa shape index (κ2) is 5.84. The molecule has 0 spiro atoms. The van der Waals surface area contributed by atoms with Gasteiger partial charge in [0.1, 0.15) is 29.5 Å². The minimum Gasteiger partial charge on any atom is -0.506 e. The SMILES string of the molecule is COc1ccc(Br)cc1COc1cccc(O)c1N. The van der Waals surface area contributed by atoms with E-state index in [4.69, 9.17) is 15.2 Å². The van der Waals surface area contributed by atoms with Gasteiger partial charge in [0.2, 0.25) is 0 Å². The fraction of sp³-hybridized carbons (Fsp3) is 0.143. The predicted molar refractivity (Wildman–Crippen MR) is 77.5 cm³/mol. The smallest absolute Gasteiger partial charge is 0.146 e. The van der Waals surface area contributed by atoms with Crippen molar-refractivity contribution in [1.29, 1.82) is 0 Å². The molecule has 0 saturated heterocycles. The summed E-state index contributed by atoms with van der Waals surface area (Å²) >= 11 is 3.40. The Labute approximate surface area is 119 Å². The Morgan fingerprint density at radius 2 is 2.00 bits per heavy atom. The maximum Gasteiger partial charge on any atom is 0.146 e. The van der Waals surface area contributed by atoms with Crippen LogP contribution in [0.3, 0.4) is 0 Å². The van der Waals surface area contributed by atoms with Crippen LogP contribution in [0.25, 0.3) is 0 Å². The Morgan fingerprint density at radius 1 is 1.21 bits per heavy atom. The highest BCUT2D eigenvalue weighted by Crippen LogP contribution is 2.31. The van der Waals surface area contributed by atoms with E-state index < -0.39 is 0 Å². The van der Waals surface area contributed by atoms with Gasteiger partial charge in [-0.25, -0.2) is 0 Å². The summed E-state index contributed by atoms with van der Waals surface area (Å²) in [4.78, 5) is 0. The molecule has 2 aromatic carbocycles. The van der Waals surface area contributed by atoms with Crippen molar-refractivity contribution >= 4 is 21.6 Å². The van der Waals surface area contributed by atoms with Crippen molar-refractivity contribution in [2.45, 2.75) is 6.61 Å². The zero-order valence-corrected chi connectivity index (χ0v) is 12.0. The van der Waals surface area contributed by atoms with Gasteiger partial charge in [-0.15, -0.1) is 0 Å². The third-order valence-electron chi connectivity index (χ3n) is 2.67. The minimum absolute atomic E-state index is 0.0127. The number of anilines is 1. The first-order valence-electron chi connectivity index (χ1n) is 5.64. The summed E-state index contributed by atoms with van der Waals surface area (Å²) in [5, 5.41) is 9.50. The summed E-state index contributed by atoms with van der Waals surface area (Å²) in [6.07, 6.45) is 0. The van der Waals surface area contributed by atoms with Crippen LogP contribution in [0, 0.1) is 0 Å². The van der Waals surface area contributed by atoms with Crippen molar-refractivity contribution in [1.82, 2.24) is 0 Å². The number of nitrogens with two attached hydrogens (primary N) is 1. The number of ether oxygens (including phenoxy) is 2. The number of hydrogen-bond acceptors (Lipinski definition) is 4. The standard InChI is InChI=1S/C14H14BrNO3/c1-18-12-6-5-10(15)7-9(12)8-19-13-4-2-3-11(17)14(13)16/h2-7,17H,8,16H2,1H3. The van der Waals surface area contributed by atoms with Gasteiger partial charge in [0.25, 0.3) is 0 Å². The highest BCUT2D eigenvalue weighted by atomic mass is 79.9. The molecule has 2 aromatic rings. The molecule has 0 aliphatic carbocycles. The van der Waals surface area contributed by atoms with E-state index in [1.54, 1.807) is 19.2 Å². The van der Waals surface area contributed by atoms with Crippen molar-refractivity contribution in [3.8, 4) is 17.2 Å². The molecule has 0 unspecified atom stereocenters. The number of methoxy groups -OCH3 is 1. The molecule has 0 bridgehead atoms. The van der Waals surface area contributed by atoms with Crippen LogP contribution in [0.5, 0.6) is 17.2 Å². The topological polar surface area (TPSA) is 64.7 Å². The first-order valence-corrected chi connectivity index (χ1v) is 6.44. The van der Waals surface area contributed by atoms with Gasteiger partial charge in [-0.1, -0.05) is 22.0 Å². The number of phenolic OH excluding ortho intramolecular Hbond substituents is 1. The van der Waals surface area contributed by atoms with Gasteiger partial charge in [0.05, 0.1) is 7.11 Å². The molecule has 0 amide bonds. The lowest BCUT2D eigenvalue weighted by Crippen LogP contribution is -2.01. The second-order valence-electron chi connectivity index (χ2n) is 3.93. The van der Waals surface area contributed by atoms with E-state index >= 15 is 0 Å². The molecular formula is C14H14BrNO3. The van der Waals surface area contributed by atoms with Gasteiger partial charge in [-0.3, -0.25) is 0 Å². The van der Waals surface area contributed by atoms with E-state index in [-0.39, 0.29) is 11.4 Å². The van der Waals surface area contributed by atoms with Crippen LogP contribution in [-0.4, -0.2) is 12.2 Å². The van der Waals surface area contributed by atoms with Gasteiger partial charge in [-0.2, -0.15) is 0 Å². The Bertz CT molecular complexity index is 587. The lowest BCUT2D eigenvalue weighted by Gasteiger charge is -2.12. The van der Waals surface area contributed by atoms with Crippen molar-refractivity contribution in [2.75, 3.05) is 12.8 Å². The van der Waals surface area contributed by atoms with Gasteiger partial charge < -0.3 is 20.3 Å². The number of phenols is 1. The number of rotatable bonds is 4. The number of aromatic hydroxyl groups is 1. The number of halogens is 1. The van der Waals surface area contributed by atoms with Crippen LogP contribution in [0.15, 0.2) is 40.9 Å². The highest BCUT2D eigenvalue weighted by molar-refractivity contribution is 9.10. The van der Waals surface area contributed by atoms with E-state index in [1.807, 2.05) is 18.2 Å². The molecule has 0 heterocycles. The van der Waals surface area contributed by atoms with E-state index in [1.165, 1.54) is 6.07 Å². The largest absolute Gasteiger partial charge is 0.506 e. The Balaban J connectivity index is 2.18. The highest BCUT2D eigenvalue weighted by Gasteiger charge is 2.08. The Morgan fingerprint density at radius 3 is 2.74 bits per heavy atom. The molecule has 4 nitrogen and oxygen atoms in total. The first-order chi connectivity index (χ1) is 9.11. The number of nitrogen functional groups attached to an aromatic ring is 1. The minimum atomic E-state index is 0.0127. The Hall–Kier alpha value is -1.88. The molecule has 0 aliphatic heterocycles. The molecule has 0 radical (unpaired) electrons. The van der Waals surface area contributed by atoms with Crippen LogP contribution in [0.1, 0.15) is 5.56 Å². The first kappa shape index (κ1) is 13.5. The maximum absolute atomic E-state index is 9.50. The van der Waals surface area contributed by atoms with Gasteiger partial charge >= 0.3 is 0 Å². The van der Waals surface area contributed by atoms with E-state index in [0.717, 1.165) is 15.8 Å². The van der Waals surface area contributed by atoms with E-state index in [0.29, 0.717) is 12.4 Å². The quantitative estimate of drug-likeness (QED) is 0.669. The van der Waals surface area contributed by atoms with Crippen molar-refractivity contribution < 1.29 is 14.6 Å². The van der Waals surface area contributed by atoms with Crippen LogP contribution in [-0.2, 0) is 6.61 Å². The van der Waals surface area contributed by atoms with Crippen LogP contribution in [0.2, 0.25) is 0 Å². The average molecular weight is 324 g/mol. The summed E-state index contributed by atoms with van der Waals surface area (Å²) in [6.45, 7) is 0.302. The molecule has 19 heavy (non-hydrogen) atoms. The lowest BCUT2D eigenvalue weighted by molar-refractivity contribution is 0.297. The maximum atomic E-state index is 9.50. The molecular weight excluding hydrogens is 310 g/mol. The normalized spacial score (nSPS) is 10.2. The lowest BCUT2D eigenvalue weighted by atomic mass is 10.2. The summed E-state index contributed by atoms with van der Waals surface area (Å²) in [5.41, 5.74) is 6.85. The van der Waals surface area contributed by atoms with Crippen molar-refractivity contribution in [2.24, 2.45) is 0 Å². The zero-order valence-electron chi connectivity index (χ0n) is 10.4. The zero-order chi connectivity index (χ0) is 13.8. The molecule has 5 heteroatoms. The second-order valence-corrected chi connectivity index (χ2v) is 4.85. The fourth-order valence-corrected chi connectivity index (χ4v) is 2.08. The summed E-state index contributed by atoms with van der Waals surface area (Å²) < 4.78 is 11.8. The third kappa shape index (κ3) is 3.12. The summed E-state index contributed by atoms with van der Waals surface area (Å²) in [7, 11) is 1.61. The van der Waals surface area contributed by atoms with Crippen molar-refractivity contribution in [3.05, 3.63) is 46.4 Å². The molecule has 0 atom stereocenters. The summed E-state index contributed by atoms with van der Waals surface area (Å²) in [5.74, 6) is 1.20. The Kier molecular flexibility index (Phi) is 4.16. The molecule has 100 valence electrons. The van der Waals surface area contributed by atoms with Gasteiger partial charge in [0, 0.05) is 10.0 Å². The van der Waals surface area contributed by atoms with Gasteiger partial charge in [0.15, 0.2) is 0 Å². The fourth-order valence-electron chi connectivity index (χ4n) is 1.67. The van der Waals surface area contributed by atoms with E-state index in [9.17, 15) is 5.11 Å². The molecule has 0 saturated carbocycles. The van der Waals surface area contributed by atoms with Crippen molar-refractivity contribution in [3.63, 3.8) is 0 Å². The monoisotopic (exact) mass is 323 g/mol. The molecule has 0 aromatic heterocycles. The average Bonchev–Trinajstić information content (AvgIpc) is 2.40. The number of benzene rings is 2. The van der Waals surface area contributed by atoms with E-state index in [2.05, 4.69) is 15.9 Å². The molecule has 3 N–H and O–H groups in total. The van der Waals surface area contributed by atoms with Crippen LogP contribution < -0.4 is 15.2 Å². The summed E-state index contributed by atoms with van der Waals surface area (Å²) in [6, 6.07) is 10.6. The number of para-hydroxylation sites is 1. The van der Waals surface area contributed by atoms with Crippen LogP contribution >= 0.6 is 15.9 Å². The van der Waals surface area contributed by atoms with Crippen LogP contribution in [0.4, 0.5) is 5.69 Å². The molecule has 2 rings (SSSR count). The third-order valence-corrected chi connectivity index (χ3v) is 3.16. The van der Waals surface area contributed by atoms with Gasteiger partial charge in [-0.05, 0) is 30.3 Å². The molecule has 0 aliphatic rings.